The number of nitrogens with zero attached hydrogens (tertiary/aromatic N) is 2. The van der Waals surface area contributed by atoms with Crippen LogP contribution in [-0.2, 0) is 6.54 Å². The number of benzene rings is 2. The molecule has 0 saturated heterocycles. The minimum absolute atomic E-state index is 0. The van der Waals surface area contributed by atoms with E-state index >= 15 is 0 Å². The highest BCUT2D eigenvalue weighted by Gasteiger charge is 2.13. The lowest BCUT2D eigenvalue weighted by molar-refractivity contribution is 0.405. The van der Waals surface area contributed by atoms with E-state index in [-0.39, 0.29) is 30.0 Å². The smallest absolute Gasteiger partial charge is 0.192 e. The highest BCUT2D eigenvalue weighted by molar-refractivity contribution is 14.0. The number of guanidine groups is 1. The van der Waals surface area contributed by atoms with E-state index in [1.54, 1.807) is 7.11 Å². The maximum atomic E-state index is 8.88. The van der Waals surface area contributed by atoms with E-state index in [0.717, 1.165) is 29.4 Å². The van der Waals surface area contributed by atoms with Gasteiger partial charge in [-0.05, 0) is 44.5 Å². The summed E-state index contributed by atoms with van der Waals surface area (Å²) in [6.07, 6.45) is 0. The van der Waals surface area contributed by atoms with Crippen LogP contribution in [0, 0.1) is 18.3 Å². The topological polar surface area (TPSA) is 69.4 Å². The van der Waals surface area contributed by atoms with Crippen LogP contribution < -0.4 is 15.4 Å². The standard InChI is InChI=1S/C21H26N4O.HI/c1-5-23-21(24-14-18-9-7-17(13-22)8-10-18)25-16(3)19-12-15(2)6-11-20(19)26-4;/h6-12,16H,5,14H2,1-4H3,(H2,23,24,25);1H. The van der Waals surface area contributed by atoms with Crippen LogP contribution in [0.3, 0.4) is 0 Å². The number of aliphatic imine (C=N–C) groups is 1. The van der Waals surface area contributed by atoms with E-state index in [0.29, 0.717) is 12.1 Å². The van der Waals surface area contributed by atoms with Crippen LogP contribution in [0.5, 0.6) is 5.75 Å². The third kappa shape index (κ3) is 6.75. The zero-order valence-electron chi connectivity index (χ0n) is 16.2. The van der Waals surface area contributed by atoms with Gasteiger partial charge in [0.1, 0.15) is 5.75 Å². The van der Waals surface area contributed by atoms with Gasteiger partial charge in [-0.3, -0.25) is 0 Å². The predicted molar refractivity (Wildman–Crippen MR) is 121 cm³/mol. The molecule has 0 spiro atoms. The summed E-state index contributed by atoms with van der Waals surface area (Å²) >= 11 is 0. The molecule has 0 radical (unpaired) electrons. The Morgan fingerprint density at radius 1 is 1.22 bits per heavy atom. The van der Waals surface area contributed by atoms with E-state index in [9.17, 15) is 0 Å². The number of rotatable bonds is 6. The molecule has 2 aromatic rings. The second kappa shape index (κ2) is 11.4. The van der Waals surface area contributed by atoms with Crippen LogP contribution in [-0.4, -0.2) is 19.6 Å². The first-order chi connectivity index (χ1) is 12.6. The molecule has 0 aliphatic heterocycles. The van der Waals surface area contributed by atoms with Gasteiger partial charge < -0.3 is 15.4 Å². The van der Waals surface area contributed by atoms with Crippen LogP contribution in [0.2, 0.25) is 0 Å². The molecule has 5 nitrogen and oxygen atoms in total. The second-order valence-electron chi connectivity index (χ2n) is 6.12. The lowest BCUT2D eigenvalue weighted by Crippen LogP contribution is -2.38. The summed E-state index contributed by atoms with van der Waals surface area (Å²) in [5, 5.41) is 15.6. The van der Waals surface area contributed by atoms with Crippen molar-refractivity contribution < 1.29 is 4.74 Å². The summed E-state index contributed by atoms with van der Waals surface area (Å²) in [6.45, 7) is 7.51. The maximum Gasteiger partial charge on any atom is 0.192 e. The average molecular weight is 478 g/mol. The first-order valence-corrected chi connectivity index (χ1v) is 8.75. The van der Waals surface area contributed by atoms with E-state index in [1.165, 1.54) is 5.56 Å². The fourth-order valence-corrected chi connectivity index (χ4v) is 2.65. The molecule has 0 fully saturated rings. The molecule has 0 aromatic heterocycles. The summed E-state index contributed by atoms with van der Waals surface area (Å²) in [6, 6.07) is 15.8. The third-order valence-corrected chi connectivity index (χ3v) is 4.05. The van der Waals surface area contributed by atoms with Crippen molar-refractivity contribution in [1.29, 1.82) is 5.26 Å². The Hall–Kier alpha value is -2.27. The molecule has 0 heterocycles. The number of hydrogen-bond acceptors (Lipinski definition) is 3. The van der Waals surface area contributed by atoms with Crippen LogP contribution >= 0.6 is 24.0 Å². The number of hydrogen-bond donors (Lipinski definition) is 2. The fraction of sp³-hybridized carbons (Fsp3) is 0.333. The van der Waals surface area contributed by atoms with Crippen LogP contribution in [0.4, 0.5) is 0 Å². The molecule has 2 rings (SSSR count). The molecular weight excluding hydrogens is 451 g/mol. The quantitative estimate of drug-likeness (QED) is 0.369. The fourth-order valence-electron chi connectivity index (χ4n) is 2.65. The summed E-state index contributed by atoms with van der Waals surface area (Å²) in [5.74, 6) is 1.60. The molecule has 0 aliphatic rings. The molecule has 0 aliphatic carbocycles. The Balaban J connectivity index is 0.00000364. The summed E-state index contributed by atoms with van der Waals surface area (Å²) < 4.78 is 5.49. The number of methoxy groups -OCH3 is 1. The summed E-state index contributed by atoms with van der Waals surface area (Å²) in [5.41, 5.74) is 4.00. The Labute approximate surface area is 178 Å². The molecule has 0 bridgehead atoms. The lowest BCUT2D eigenvalue weighted by Gasteiger charge is -2.20. The zero-order chi connectivity index (χ0) is 18.9. The minimum atomic E-state index is 0. The van der Waals surface area contributed by atoms with E-state index in [2.05, 4.69) is 41.6 Å². The van der Waals surface area contributed by atoms with Gasteiger partial charge in [0.25, 0.3) is 0 Å². The molecular formula is C21H27IN4O. The van der Waals surface area contributed by atoms with Crippen LogP contribution in [0.25, 0.3) is 0 Å². The Bertz CT molecular complexity index is 797. The van der Waals surface area contributed by atoms with Gasteiger partial charge in [-0.15, -0.1) is 24.0 Å². The first kappa shape index (κ1) is 22.8. The SMILES string of the molecule is CCNC(=NCc1ccc(C#N)cc1)NC(C)c1cc(C)ccc1OC.I. The number of halogens is 1. The van der Waals surface area contributed by atoms with Gasteiger partial charge in [0, 0.05) is 12.1 Å². The molecule has 1 atom stereocenters. The van der Waals surface area contributed by atoms with Gasteiger partial charge in [-0.1, -0.05) is 29.8 Å². The Kier molecular flexibility index (Phi) is 9.65. The number of nitriles is 1. The Morgan fingerprint density at radius 2 is 1.93 bits per heavy atom. The molecule has 144 valence electrons. The van der Waals surface area contributed by atoms with E-state index in [4.69, 9.17) is 10.00 Å². The molecule has 0 saturated carbocycles. The Morgan fingerprint density at radius 3 is 2.52 bits per heavy atom. The van der Waals surface area contributed by atoms with Gasteiger partial charge >= 0.3 is 0 Å². The molecule has 6 heteroatoms. The number of aryl methyl sites for hydroxylation is 1. The highest BCUT2D eigenvalue weighted by atomic mass is 127. The number of ether oxygens (including phenoxy) is 1. The monoisotopic (exact) mass is 478 g/mol. The zero-order valence-corrected chi connectivity index (χ0v) is 18.6. The van der Waals surface area contributed by atoms with Crippen molar-refractivity contribution in [3.8, 4) is 11.8 Å². The van der Waals surface area contributed by atoms with Crippen molar-refractivity contribution in [3.63, 3.8) is 0 Å². The molecule has 2 N–H and O–H groups in total. The third-order valence-electron chi connectivity index (χ3n) is 4.05. The molecule has 2 aromatic carbocycles. The van der Waals surface area contributed by atoms with E-state index < -0.39 is 0 Å². The van der Waals surface area contributed by atoms with Gasteiger partial charge in [0.2, 0.25) is 0 Å². The largest absolute Gasteiger partial charge is 0.496 e. The van der Waals surface area contributed by atoms with Crippen molar-refractivity contribution in [2.75, 3.05) is 13.7 Å². The normalized spacial score (nSPS) is 11.7. The first-order valence-electron chi connectivity index (χ1n) is 8.75. The lowest BCUT2D eigenvalue weighted by atomic mass is 10.0. The van der Waals surface area contributed by atoms with Crippen molar-refractivity contribution in [3.05, 3.63) is 64.7 Å². The second-order valence-corrected chi connectivity index (χ2v) is 6.12. The van der Waals surface area contributed by atoms with Crippen LogP contribution in [0.15, 0.2) is 47.5 Å². The van der Waals surface area contributed by atoms with Crippen molar-refractivity contribution in [1.82, 2.24) is 10.6 Å². The van der Waals surface area contributed by atoms with Gasteiger partial charge in [0.05, 0.1) is 31.3 Å². The highest BCUT2D eigenvalue weighted by Crippen LogP contribution is 2.25. The summed E-state index contributed by atoms with van der Waals surface area (Å²) in [4.78, 5) is 4.65. The van der Waals surface area contributed by atoms with Gasteiger partial charge in [0.15, 0.2) is 5.96 Å². The molecule has 1 unspecified atom stereocenters. The summed E-state index contributed by atoms with van der Waals surface area (Å²) in [7, 11) is 1.69. The van der Waals surface area contributed by atoms with E-state index in [1.807, 2.05) is 43.3 Å². The predicted octanol–water partition coefficient (Wildman–Crippen LogP) is 4.31. The van der Waals surface area contributed by atoms with Crippen LogP contribution in [0.1, 0.15) is 42.1 Å². The molecule has 27 heavy (non-hydrogen) atoms. The van der Waals surface area contributed by atoms with Gasteiger partial charge in [-0.25, -0.2) is 4.99 Å². The number of nitrogens with one attached hydrogen (secondary N) is 2. The maximum absolute atomic E-state index is 8.88. The molecule has 0 amide bonds. The minimum Gasteiger partial charge on any atom is -0.496 e. The van der Waals surface area contributed by atoms with Crippen molar-refractivity contribution in [2.45, 2.75) is 33.4 Å². The average Bonchev–Trinajstić information content (AvgIpc) is 2.66. The van der Waals surface area contributed by atoms with Gasteiger partial charge in [-0.2, -0.15) is 5.26 Å². The van der Waals surface area contributed by atoms with Crippen molar-refractivity contribution >= 4 is 29.9 Å². The van der Waals surface area contributed by atoms with Crippen molar-refractivity contribution in [2.24, 2.45) is 4.99 Å².